The van der Waals surface area contributed by atoms with Crippen LogP contribution in [0, 0.1) is 5.92 Å². The molecule has 22 heavy (non-hydrogen) atoms. The first-order valence-electron chi connectivity index (χ1n) is 7.30. The number of ether oxygens (including phenoxy) is 1. The fourth-order valence-corrected chi connectivity index (χ4v) is 3.74. The van der Waals surface area contributed by atoms with Crippen LogP contribution in [-0.4, -0.2) is 42.2 Å². The van der Waals surface area contributed by atoms with Crippen LogP contribution in [0.15, 0.2) is 33.6 Å². The molecule has 6 heteroatoms. The third-order valence-electron chi connectivity index (χ3n) is 3.82. The minimum absolute atomic E-state index is 0.0662. The lowest BCUT2D eigenvalue weighted by atomic mass is 9.97. The number of nitrogens with zero attached hydrogens (tertiary/aromatic N) is 1. The van der Waals surface area contributed by atoms with Crippen LogP contribution in [0.5, 0.6) is 0 Å². The van der Waals surface area contributed by atoms with Crippen LogP contribution in [0.25, 0.3) is 0 Å². The highest BCUT2D eigenvalue weighted by Gasteiger charge is 2.29. The Morgan fingerprint density at radius 1 is 1.27 bits per heavy atom. The molecule has 4 nitrogen and oxygen atoms in total. The highest BCUT2D eigenvalue weighted by atomic mass is 79.9. The van der Waals surface area contributed by atoms with Crippen molar-refractivity contribution >= 4 is 39.6 Å². The Morgan fingerprint density at radius 2 is 1.86 bits per heavy atom. The Morgan fingerprint density at radius 3 is 2.41 bits per heavy atom. The molecule has 1 aromatic rings. The summed E-state index contributed by atoms with van der Waals surface area (Å²) >= 11 is 4.97. The molecule has 0 aliphatic carbocycles. The molecule has 1 aliphatic rings. The Labute approximate surface area is 143 Å². The van der Waals surface area contributed by atoms with Crippen molar-refractivity contribution in [2.75, 3.05) is 20.2 Å². The summed E-state index contributed by atoms with van der Waals surface area (Å²) in [7, 11) is 1.41. The predicted octanol–water partition coefficient (Wildman–Crippen LogP) is 3.34. The molecule has 1 heterocycles. The second-order valence-corrected chi connectivity index (χ2v) is 7.67. The van der Waals surface area contributed by atoms with E-state index in [4.69, 9.17) is 4.74 Å². The lowest BCUT2D eigenvalue weighted by Crippen LogP contribution is -2.43. The number of benzene rings is 1. The maximum Gasteiger partial charge on any atom is 0.308 e. The first-order valence-corrected chi connectivity index (χ1v) is 8.97. The second kappa shape index (κ2) is 8.02. The number of hydrogen-bond acceptors (Lipinski definition) is 4. The Bertz CT molecular complexity index is 527. The van der Waals surface area contributed by atoms with Gasteiger partial charge in [-0.3, -0.25) is 9.59 Å². The van der Waals surface area contributed by atoms with Crippen LogP contribution in [0.1, 0.15) is 19.8 Å². The molecule has 1 atom stereocenters. The number of halogens is 1. The van der Waals surface area contributed by atoms with E-state index in [9.17, 15) is 9.59 Å². The SMILES string of the molecule is COC(=O)C1CCN(C(=O)C(C)Sc2ccc(Br)cc2)CC1. The van der Waals surface area contributed by atoms with E-state index in [0.29, 0.717) is 25.9 Å². The summed E-state index contributed by atoms with van der Waals surface area (Å²) in [5, 5.41) is -0.129. The van der Waals surface area contributed by atoms with E-state index >= 15 is 0 Å². The van der Waals surface area contributed by atoms with Crippen molar-refractivity contribution < 1.29 is 14.3 Å². The van der Waals surface area contributed by atoms with Gasteiger partial charge in [0.15, 0.2) is 0 Å². The highest BCUT2D eigenvalue weighted by molar-refractivity contribution is 9.10. The molecule has 0 saturated carbocycles. The molecule has 0 radical (unpaired) electrons. The molecule has 0 bridgehead atoms. The van der Waals surface area contributed by atoms with E-state index in [1.165, 1.54) is 7.11 Å². The summed E-state index contributed by atoms with van der Waals surface area (Å²) in [6.07, 6.45) is 1.38. The number of piperidine rings is 1. The van der Waals surface area contributed by atoms with E-state index in [0.717, 1.165) is 9.37 Å². The van der Waals surface area contributed by atoms with E-state index in [-0.39, 0.29) is 23.0 Å². The zero-order chi connectivity index (χ0) is 16.1. The van der Waals surface area contributed by atoms with Crippen LogP contribution in [0.3, 0.4) is 0 Å². The number of amides is 1. The zero-order valence-electron chi connectivity index (χ0n) is 12.8. The van der Waals surface area contributed by atoms with Crippen LogP contribution in [0.2, 0.25) is 0 Å². The number of esters is 1. The smallest absolute Gasteiger partial charge is 0.308 e. The number of hydrogen-bond donors (Lipinski definition) is 0. The quantitative estimate of drug-likeness (QED) is 0.588. The molecule has 0 N–H and O–H groups in total. The molecule has 1 fully saturated rings. The predicted molar refractivity (Wildman–Crippen MR) is 90.8 cm³/mol. The molecule has 1 unspecified atom stereocenters. The third-order valence-corrected chi connectivity index (χ3v) is 5.44. The lowest BCUT2D eigenvalue weighted by Gasteiger charge is -2.32. The van der Waals surface area contributed by atoms with Gasteiger partial charge in [-0.2, -0.15) is 0 Å². The van der Waals surface area contributed by atoms with Crippen molar-refractivity contribution in [3.8, 4) is 0 Å². The summed E-state index contributed by atoms with van der Waals surface area (Å²) in [5.41, 5.74) is 0. The van der Waals surface area contributed by atoms with Gasteiger partial charge in [0.1, 0.15) is 0 Å². The third kappa shape index (κ3) is 4.49. The molecule has 1 saturated heterocycles. The number of carbonyl (C=O) groups is 2. The number of likely N-dealkylation sites (tertiary alicyclic amines) is 1. The fraction of sp³-hybridized carbons (Fsp3) is 0.500. The molecular weight excluding hydrogens is 366 g/mol. The number of thioether (sulfide) groups is 1. The van der Waals surface area contributed by atoms with Crippen molar-refractivity contribution in [2.45, 2.75) is 29.9 Å². The maximum absolute atomic E-state index is 12.5. The molecule has 1 amide bonds. The summed E-state index contributed by atoms with van der Waals surface area (Å²) in [5.74, 6) is -0.0934. The minimum atomic E-state index is -0.163. The lowest BCUT2D eigenvalue weighted by molar-refractivity contribution is -0.148. The van der Waals surface area contributed by atoms with E-state index in [1.807, 2.05) is 36.1 Å². The van der Waals surface area contributed by atoms with E-state index in [2.05, 4.69) is 15.9 Å². The minimum Gasteiger partial charge on any atom is -0.469 e. The zero-order valence-corrected chi connectivity index (χ0v) is 15.2. The van der Waals surface area contributed by atoms with Gasteiger partial charge < -0.3 is 9.64 Å². The Balaban J connectivity index is 1.86. The topological polar surface area (TPSA) is 46.6 Å². The van der Waals surface area contributed by atoms with Gasteiger partial charge in [-0.05, 0) is 44.0 Å². The summed E-state index contributed by atoms with van der Waals surface area (Å²) in [6, 6.07) is 7.95. The van der Waals surface area contributed by atoms with Gasteiger partial charge >= 0.3 is 5.97 Å². The molecule has 0 spiro atoms. The summed E-state index contributed by atoms with van der Waals surface area (Å²) in [6.45, 7) is 3.19. The van der Waals surface area contributed by atoms with E-state index in [1.54, 1.807) is 11.8 Å². The van der Waals surface area contributed by atoms with Gasteiger partial charge in [0.05, 0.1) is 18.3 Å². The van der Waals surface area contributed by atoms with Crippen LogP contribution < -0.4 is 0 Å². The van der Waals surface area contributed by atoms with Gasteiger partial charge in [0.25, 0.3) is 0 Å². The van der Waals surface area contributed by atoms with Gasteiger partial charge in [0, 0.05) is 22.5 Å². The number of carbonyl (C=O) groups excluding carboxylic acids is 2. The highest BCUT2D eigenvalue weighted by Crippen LogP contribution is 2.27. The molecule has 1 aromatic carbocycles. The average molecular weight is 386 g/mol. The van der Waals surface area contributed by atoms with Crippen molar-refractivity contribution in [1.82, 2.24) is 4.90 Å². The monoisotopic (exact) mass is 385 g/mol. The van der Waals surface area contributed by atoms with Gasteiger partial charge in [0.2, 0.25) is 5.91 Å². The first-order chi connectivity index (χ1) is 10.5. The molecule has 1 aliphatic heterocycles. The average Bonchev–Trinajstić information content (AvgIpc) is 2.55. The van der Waals surface area contributed by atoms with Crippen molar-refractivity contribution in [3.63, 3.8) is 0 Å². The molecule has 0 aromatic heterocycles. The second-order valence-electron chi connectivity index (χ2n) is 5.34. The van der Waals surface area contributed by atoms with Crippen molar-refractivity contribution in [3.05, 3.63) is 28.7 Å². The van der Waals surface area contributed by atoms with Crippen LogP contribution in [-0.2, 0) is 14.3 Å². The standard InChI is InChI=1S/C16H20BrNO3S/c1-11(22-14-5-3-13(17)4-6-14)15(19)18-9-7-12(8-10-18)16(20)21-2/h3-6,11-12H,7-10H2,1-2H3. The van der Waals surface area contributed by atoms with Crippen molar-refractivity contribution in [2.24, 2.45) is 5.92 Å². The maximum atomic E-state index is 12.5. The fourth-order valence-electron chi connectivity index (χ4n) is 2.53. The largest absolute Gasteiger partial charge is 0.469 e. The van der Waals surface area contributed by atoms with Crippen LogP contribution in [0.4, 0.5) is 0 Å². The molecule has 120 valence electrons. The van der Waals surface area contributed by atoms with Gasteiger partial charge in [-0.15, -0.1) is 11.8 Å². The Kier molecular flexibility index (Phi) is 6.32. The van der Waals surface area contributed by atoms with Gasteiger partial charge in [-0.25, -0.2) is 0 Å². The van der Waals surface area contributed by atoms with Crippen LogP contribution >= 0.6 is 27.7 Å². The summed E-state index contributed by atoms with van der Waals surface area (Å²) in [4.78, 5) is 26.9. The van der Waals surface area contributed by atoms with Crippen molar-refractivity contribution in [1.29, 1.82) is 0 Å². The van der Waals surface area contributed by atoms with E-state index < -0.39 is 0 Å². The van der Waals surface area contributed by atoms with Gasteiger partial charge in [-0.1, -0.05) is 15.9 Å². The molecule has 2 rings (SSSR count). The normalized spacial score (nSPS) is 17.1. The summed E-state index contributed by atoms with van der Waals surface area (Å²) < 4.78 is 5.80. The Hall–Kier alpha value is -1.01. The first kappa shape index (κ1) is 17.3. The number of rotatable bonds is 4. The molecular formula is C16H20BrNO3S. The number of methoxy groups -OCH3 is 1.